The largest absolute Gasteiger partial charge is 0.497 e. The van der Waals surface area contributed by atoms with Crippen molar-refractivity contribution < 1.29 is 9.47 Å². The maximum absolute atomic E-state index is 5.24. The first kappa shape index (κ1) is 13.7. The lowest BCUT2D eigenvalue weighted by atomic mass is 10.2. The van der Waals surface area contributed by atoms with Crippen molar-refractivity contribution in [2.45, 2.75) is 0 Å². The van der Waals surface area contributed by atoms with Crippen LogP contribution in [0.4, 0.5) is 0 Å². The van der Waals surface area contributed by atoms with Gasteiger partial charge in [-0.3, -0.25) is 5.01 Å². The fourth-order valence-electron chi connectivity index (χ4n) is 1.96. The number of methoxy groups -OCH3 is 2. The van der Waals surface area contributed by atoms with Crippen LogP contribution in [0.5, 0.6) is 11.5 Å². The van der Waals surface area contributed by atoms with Gasteiger partial charge in [0.15, 0.2) is 0 Å². The smallest absolute Gasteiger partial charge is 0.123 e. The van der Waals surface area contributed by atoms with Crippen LogP contribution in [-0.2, 0) is 0 Å². The number of piperazine rings is 1. The van der Waals surface area contributed by atoms with Crippen molar-refractivity contribution in [2.24, 2.45) is 5.10 Å². The molecule has 1 fully saturated rings. The van der Waals surface area contributed by atoms with E-state index in [4.69, 9.17) is 9.47 Å². The van der Waals surface area contributed by atoms with Gasteiger partial charge < -0.3 is 14.4 Å². The van der Waals surface area contributed by atoms with E-state index in [0.717, 1.165) is 43.2 Å². The van der Waals surface area contributed by atoms with Gasteiger partial charge in [0.2, 0.25) is 0 Å². The zero-order valence-electron chi connectivity index (χ0n) is 11.8. The molecule has 0 spiro atoms. The monoisotopic (exact) mass is 263 g/mol. The zero-order valence-corrected chi connectivity index (χ0v) is 11.8. The van der Waals surface area contributed by atoms with Crippen LogP contribution in [0.3, 0.4) is 0 Å². The molecule has 0 N–H and O–H groups in total. The summed E-state index contributed by atoms with van der Waals surface area (Å²) < 4.78 is 10.5. The average molecular weight is 263 g/mol. The minimum atomic E-state index is 0.777. The van der Waals surface area contributed by atoms with Gasteiger partial charge in [-0.25, -0.2) is 0 Å². The number of benzene rings is 1. The highest BCUT2D eigenvalue weighted by Gasteiger charge is 2.10. The number of likely N-dealkylation sites (N-methyl/N-ethyl adjacent to an activating group) is 1. The van der Waals surface area contributed by atoms with Crippen molar-refractivity contribution >= 4 is 6.21 Å². The molecule has 0 saturated carbocycles. The summed E-state index contributed by atoms with van der Waals surface area (Å²) in [7, 11) is 5.43. The molecule has 0 bridgehead atoms. The van der Waals surface area contributed by atoms with Crippen LogP contribution in [0.2, 0.25) is 0 Å². The second-order valence-electron chi connectivity index (χ2n) is 4.65. The van der Waals surface area contributed by atoms with Gasteiger partial charge in [-0.15, -0.1) is 0 Å². The van der Waals surface area contributed by atoms with E-state index in [-0.39, 0.29) is 0 Å². The van der Waals surface area contributed by atoms with Crippen molar-refractivity contribution in [1.82, 2.24) is 9.91 Å². The maximum Gasteiger partial charge on any atom is 0.123 e. The Kier molecular flexibility index (Phi) is 4.63. The molecular formula is C14H21N3O2. The lowest BCUT2D eigenvalue weighted by Crippen LogP contribution is -2.41. The Labute approximate surface area is 114 Å². The lowest BCUT2D eigenvalue weighted by molar-refractivity contribution is 0.159. The Morgan fingerprint density at radius 3 is 2.11 bits per heavy atom. The van der Waals surface area contributed by atoms with Gasteiger partial charge in [-0.1, -0.05) is 0 Å². The number of nitrogens with zero attached hydrogens (tertiary/aromatic N) is 3. The number of hydrogen-bond donors (Lipinski definition) is 0. The molecule has 5 nitrogen and oxygen atoms in total. The summed E-state index contributed by atoms with van der Waals surface area (Å²) >= 11 is 0. The summed E-state index contributed by atoms with van der Waals surface area (Å²) in [5.41, 5.74) is 0.982. The third kappa shape index (κ3) is 3.86. The fourth-order valence-corrected chi connectivity index (χ4v) is 1.96. The van der Waals surface area contributed by atoms with Gasteiger partial charge in [0, 0.05) is 37.8 Å². The highest BCUT2D eigenvalue weighted by molar-refractivity contribution is 5.80. The summed E-state index contributed by atoms with van der Waals surface area (Å²) in [5.74, 6) is 1.55. The quantitative estimate of drug-likeness (QED) is 0.767. The maximum atomic E-state index is 5.24. The van der Waals surface area contributed by atoms with E-state index < -0.39 is 0 Å². The molecular weight excluding hydrogens is 242 g/mol. The predicted octanol–water partition coefficient (Wildman–Crippen LogP) is 1.29. The van der Waals surface area contributed by atoms with Crippen LogP contribution in [-0.4, -0.2) is 63.6 Å². The third-order valence-electron chi connectivity index (χ3n) is 3.22. The van der Waals surface area contributed by atoms with Crippen molar-refractivity contribution in [3.63, 3.8) is 0 Å². The van der Waals surface area contributed by atoms with Crippen molar-refractivity contribution in [2.75, 3.05) is 47.4 Å². The van der Waals surface area contributed by atoms with E-state index in [1.807, 2.05) is 24.4 Å². The lowest BCUT2D eigenvalue weighted by Gasteiger charge is -2.30. The van der Waals surface area contributed by atoms with Crippen molar-refractivity contribution in [3.05, 3.63) is 23.8 Å². The van der Waals surface area contributed by atoms with Gasteiger partial charge in [-0.05, 0) is 19.2 Å². The van der Waals surface area contributed by atoms with Crippen LogP contribution < -0.4 is 9.47 Å². The Morgan fingerprint density at radius 2 is 1.58 bits per heavy atom. The highest BCUT2D eigenvalue weighted by Crippen LogP contribution is 2.21. The molecule has 1 heterocycles. The molecule has 1 saturated heterocycles. The highest BCUT2D eigenvalue weighted by atomic mass is 16.5. The molecule has 0 unspecified atom stereocenters. The summed E-state index contributed by atoms with van der Waals surface area (Å²) in [6.07, 6.45) is 1.86. The molecule has 1 aromatic rings. The van der Waals surface area contributed by atoms with Crippen molar-refractivity contribution in [1.29, 1.82) is 0 Å². The minimum Gasteiger partial charge on any atom is -0.497 e. The van der Waals surface area contributed by atoms with E-state index in [0.29, 0.717) is 0 Å². The Bertz CT molecular complexity index is 418. The SMILES string of the molecule is COc1cc(/C=N\N2CCN(C)CC2)cc(OC)c1. The minimum absolute atomic E-state index is 0.777. The van der Waals surface area contributed by atoms with Crippen LogP contribution in [0.25, 0.3) is 0 Å². The van der Waals surface area contributed by atoms with Gasteiger partial charge in [0.1, 0.15) is 11.5 Å². The Morgan fingerprint density at radius 1 is 1.00 bits per heavy atom. The van der Waals surface area contributed by atoms with Gasteiger partial charge in [0.25, 0.3) is 0 Å². The molecule has 0 atom stereocenters. The zero-order chi connectivity index (χ0) is 13.7. The predicted molar refractivity (Wildman–Crippen MR) is 76.2 cm³/mol. The second-order valence-corrected chi connectivity index (χ2v) is 4.65. The molecule has 0 aliphatic carbocycles. The van der Waals surface area contributed by atoms with Gasteiger partial charge in [0.05, 0.1) is 20.4 Å². The van der Waals surface area contributed by atoms with Gasteiger partial charge in [-0.2, -0.15) is 5.10 Å². The number of ether oxygens (including phenoxy) is 2. The molecule has 0 aromatic heterocycles. The molecule has 0 radical (unpaired) electrons. The Balaban J connectivity index is 2.05. The van der Waals surface area contributed by atoms with Gasteiger partial charge >= 0.3 is 0 Å². The number of rotatable bonds is 4. The van der Waals surface area contributed by atoms with E-state index in [1.165, 1.54) is 0 Å². The van der Waals surface area contributed by atoms with Crippen molar-refractivity contribution in [3.8, 4) is 11.5 Å². The first-order valence-electron chi connectivity index (χ1n) is 6.42. The standard InChI is InChI=1S/C14H21N3O2/c1-16-4-6-17(7-5-16)15-11-12-8-13(18-2)10-14(9-12)19-3/h8-11H,4-7H2,1-3H3/b15-11-. The molecule has 19 heavy (non-hydrogen) atoms. The third-order valence-corrected chi connectivity index (χ3v) is 3.22. The van der Waals surface area contributed by atoms with E-state index >= 15 is 0 Å². The van der Waals surface area contributed by atoms with E-state index in [2.05, 4.69) is 22.1 Å². The van der Waals surface area contributed by atoms with Crippen LogP contribution >= 0.6 is 0 Å². The summed E-state index contributed by atoms with van der Waals surface area (Å²) in [6, 6.07) is 5.75. The molecule has 1 aromatic carbocycles. The number of hydrogen-bond acceptors (Lipinski definition) is 5. The van der Waals surface area contributed by atoms with Crippen LogP contribution in [0.15, 0.2) is 23.3 Å². The average Bonchev–Trinajstić information content (AvgIpc) is 2.46. The molecule has 5 heteroatoms. The summed E-state index contributed by atoms with van der Waals surface area (Å²) in [4.78, 5) is 2.31. The molecule has 104 valence electrons. The van der Waals surface area contributed by atoms with Crippen LogP contribution in [0.1, 0.15) is 5.56 Å². The summed E-state index contributed by atoms with van der Waals surface area (Å²) in [6.45, 7) is 4.04. The molecule has 2 rings (SSSR count). The van der Waals surface area contributed by atoms with E-state index in [9.17, 15) is 0 Å². The summed E-state index contributed by atoms with van der Waals surface area (Å²) in [5, 5.41) is 6.60. The first-order chi connectivity index (χ1) is 9.21. The second kappa shape index (κ2) is 6.43. The number of hydrazone groups is 1. The molecule has 0 amide bonds. The van der Waals surface area contributed by atoms with Crippen LogP contribution in [0, 0.1) is 0 Å². The normalized spacial score (nSPS) is 16.9. The topological polar surface area (TPSA) is 37.3 Å². The fraction of sp³-hybridized carbons (Fsp3) is 0.500. The van der Waals surface area contributed by atoms with E-state index in [1.54, 1.807) is 14.2 Å². The molecule has 1 aliphatic heterocycles. The first-order valence-corrected chi connectivity index (χ1v) is 6.42. The molecule has 1 aliphatic rings. The Hall–Kier alpha value is -1.75.